The summed E-state index contributed by atoms with van der Waals surface area (Å²) in [7, 11) is 2.26. The molecule has 0 aliphatic carbocycles. The SMILES string of the molecule is COC(=O)C[C@H](c1ccc([N+](=O)[O-])cc1)[C@H](NC(=O)Cc1cccc([N+](=O)[O-])c1)C(=O)OC. The zero-order valence-corrected chi connectivity index (χ0v) is 17.8. The average Bonchev–Trinajstić information content (AvgIpc) is 2.80. The van der Waals surface area contributed by atoms with Gasteiger partial charge in [0.25, 0.3) is 11.4 Å². The molecular formula is C21H21N3O9. The van der Waals surface area contributed by atoms with Crippen LogP contribution in [0.2, 0.25) is 0 Å². The summed E-state index contributed by atoms with van der Waals surface area (Å²) in [6, 6.07) is 9.27. The van der Waals surface area contributed by atoms with Crippen molar-refractivity contribution in [1.82, 2.24) is 5.32 Å². The van der Waals surface area contributed by atoms with E-state index in [1.807, 2.05) is 0 Å². The van der Waals surface area contributed by atoms with Crippen LogP contribution >= 0.6 is 0 Å². The van der Waals surface area contributed by atoms with E-state index >= 15 is 0 Å². The van der Waals surface area contributed by atoms with Gasteiger partial charge in [-0.1, -0.05) is 24.3 Å². The van der Waals surface area contributed by atoms with Crippen molar-refractivity contribution in [3.63, 3.8) is 0 Å². The molecule has 0 aliphatic rings. The highest BCUT2D eigenvalue weighted by Gasteiger charge is 2.34. The molecule has 0 aliphatic heterocycles. The Morgan fingerprint density at radius 1 is 0.939 bits per heavy atom. The Kier molecular flexibility index (Phi) is 8.55. The normalized spacial score (nSPS) is 12.2. The quantitative estimate of drug-likeness (QED) is 0.317. The number of nitrogens with one attached hydrogen (secondary N) is 1. The van der Waals surface area contributed by atoms with Crippen LogP contribution in [0.3, 0.4) is 0 Å². The Hall–Kier alpha value is -4.35. The van der Waals surface area contributed by atoms with Gasteiger partial charge in [-0.3, -0.25) is 29.8 Å². The van der Waals surface area contributed by atoms with E-state index in [0.29, 0.717) is 11.1 Å². The maximum absolute atomic E-state index is 12.7. The number of benzene rings is 2. The number of hydrogen-bond donors (Lipinski definition) is 1. The van der Waals surface area contributed by atoms with Gasteiger partial charge in [0.05, 0.1) is 36.9 Å². The summed E-state index contributed by atoms with van der Waals surface area (Å²) in [6.45, 7) is 0. The minimum Gasteiger partial charge on any atom is -0.469 e. The Balaban J connectivity index is 2.33. The van der Waals surface area contributed by atoms with Crippen LogP contribution in [0.15, 0.2) is 48.5 Å². The van der Waals surface area contributed by atoms with Gasteiger partial charge >= 0.3 is 11.9 Å². The average molecular weight is 459 g/mol. The first-order valence-corrected chi connectivity index (χ1v) is 9.58. The van der Waals surface area contributed by atoms with Crippen molar-refractivity contribution in [2.75, 3.05) is 14.2 Å². The summed E-state index contributed by atoms with van der Waals surface area (Å²) in [4.78, 5) is 57.9. The molecule has 0 fully saturated rings. The maximum Gasteiger partial charge on any atom is 0.329 e. The summed E-state index contributed by atoms with van der Waals surface area (Å²) in [5, 5.41) is 24.4. The van der Waals surface area contributed by atoms with Gasteiger partial charge in [0, 0.05) is 30.2 Å². The third kappa shape index (κ3) is 6.82. The summed E-state index contributed by atoms with van der Waals surface area (Å²) in [5.74, 6) is -3.14. The van der Waals surface area contributed by atoms with Crippen molar-refractivity contribution in [3.8, 4) is 0 Å². The van der Waals surface area contributed by atoms with Crippen LogP contribution in [-0.2, 0) is 30.3 Å². The molecule has 0 saturated heterocycles. The van der Waals surface area contributed by atoms with Gasteiger partial charge in [0.1, 0.15) is 6.04 Å². The standard InChI is InChI=1S/C21H21N3O9/c1-32-19(26)12-17(14-6-8-15(9-7-14)23(28)29)20(21(27)33-2)22-18(25)11-13-4-3-5-16(10-13)24(30)31/h3-10,17,20H,11-12H2,1-2H3,(H,22,25)/t17-,20+/m1/s1. The largest absolute Gasteiger partial charge is 0.469 e. The number of esters is 2. The number of carbonyl (C=O) groups excluding carboxylic acids is 3. The molecule has 174 valence electrons. The Bertz CT molecular complexity index is 1050. The van der Waals surface area contributed by atoms with Crippen LogP contribution in [0.5, 0.6) is 0 Å². The summed E-state index contributed by atoms with van der Waals surface area (Å²) in [5.41, 5.74) is 0.307. The van der Waals surface area contributed by atoms with Gasteiger partial charge in [-0.15, -0.1) is 0 Å². The van der Waals surface area contributed by atoms with Crippen molar-refractivity contribution < 1.29 is 33.7 Å². The number of nitro benzene ring substituents is 2. The fourth-order valence-electron chi connectivity index (χ4n) is 3.17. The van der Waals surface area contributed by atoms with Crippen LogP contribution in [0.1, 0.15) is 23.5 Å². The number of nitro groups is 2. The minimum atomic E-state index is -1.33. The van der Waals surface area contributed by atoms with Gasteiger partial charge in [-0.2, -0.15) is 0 Å². The number of hydrogen-bond acceptors (Lipinski definition) is 9. The lowest BCUT2D eigenvalue weighted by molar-refractivity contribution is -0.385. The molecule has 0 saturated carbocycles. The third-order valence-electron chi connectivity index (χ3n) is 4.81. The van der Waals surface area contributed by atoms with Gasteiger partial charge < -0.3 is 14.8 Å². The number of non-ortho nitro benzene ring substituents is 2. The Morgan fingerprint density at radius 2 is 1.58 bits per heavy atom. The molecule has 1 N–H and O–H groups in total. The van der Waals surface area contributed by atoms with Crippen molar-refractivity contribution in [3.05, 3.63) is 79.9 Å². The van der Waals surface area contributed by atoms with Crippen molar-refractivity contribution in [1.29, 1.82) is 0 Å². The molecule has 0 aromatic heterocycles. The molecule has 0 radical (unpaired) electrons. The molecule has 0 spiro atoms. The molecule has 2 aromatic carbocycles. The van der Waals surface area contributed by atoms with Crippen molar-refractivity contribution in [2.45, 2.75) is 24.8 Å². The molecule has 2 atom stereocenters. The highest BCUT2D eigenvalue weighted by molar-refractivity contribution is 5.87. The van der Waals surface area contributed by atoms with Gasteiger partial charge in [0.2, 0.25) is 5.91 Å². The molecule has 0 unspecified atom stereocenters. The van der Waals surface area contributed by atoms with Crippen molar-refractivity contribution in [2.24, 2.45) is 0 Å². The van der Waals surface area contributed by atoms with Gasteiger partial charge in [0.15, 0.2) is 0 Å². The maximum atomic E-state index is 12.7. The number of nitrogens with zero attached hydrogens (tertiary/aromatic N) is 2. The number of rotatable bonds is 10. The van der Waals surface area contributed by atoms with Gasteiger partial charge in [-0.05, 0) is 11.1 Å². The minimum absolute atomic E-state index is 0.195. The molecule has 2 rings (SSSR count). The van der Waals surface area contributed by atoms with E-state index in [2.05, 4.69) is 10.1 Å². The van der Waals surface area contributed by atoms with Crippen molar-refractivity contribution >= 4 is 29.2 Å². The second kappa shape index (κ2) is 11.3. The molecule has 2 aromatic rings. The lowest BCUT2D eigenvalue weighted by atomic mass is 9.88. The summed E-state index contributed by atoms with van der Waals surface area (Å²) in [6.07, 6.45) is -0.606. The van der Waals surface area contributed by atoms with E-state index in [9.17, 15) is 34.6 Å². The second-order valence-electron chi connectivity index (χ2n) is 6.91. The predicted molar refractivity (Wildman–Crippen MR) is 113 cm³/mol. The van der Waals surface area contributed by atoms with Crippen LogP contribution in [0.4, 0.5) is 11.4 Å². The van der Waals surface area contributed by atoms with E-state index in [1.165, 1.54) is 48.5 Å². The zero-order valence-electron chi connectivity index (χ0n) is 17.8. The highest BCUT2D eigenvalue weighted by Crippen LogP contribution is 2.27. The van der Waals surface area contributed by atoms with Crippen LogP contribution in [0.25, 0.3) is 0 Å². The number of ether oxygens (including phenoxy) is 2. The van der Waals surface area contributed by atoms with E-state index < -0.39 is 39.7 Å². The lowest BCUT2D eigenvalue weighted by Crippen LogP contribution is -2.46. The molecule has 12 heteroatoms. The fraction of sp³-hybridized carbons (Fsp3) is 0.286. The number of methoxy groups -OCH3 is 2. The second-order valence-corrected chi connectivity index (χ2v) is 6.91. The number of carbonyl (C=O) groups is 3. The molecule has 1 amide bonds. The van der Waals surface area contributed by atoms with Crippen LogP contribution in [0, 0.1) is 20.2 Å². The van der Waals surface area contributed by atoms with E-state index in [0.717, 1.165) is 14.2 Å². The first kappa shape index (κ1) is 24.9. The topological polar surface area (TPSA) is 168 Å². The van der Waals surface area contributed by atoms with E-state index in [1.54, 1.807) is 0 Å². The first-order valence-electron chi connectivity index (χ1n) is 9.58. The van der Waals surface area contributed by atoms with Gasteiger partial charge in [-0.25, -0.2) is 4.79 Å². The fourth-order valence-corrected chi connectivity index (χ4v) is 3.17. The molecule has 0 bridgehead atoms. The first-order chi connectivity index (χ1) is 15.7. The molecule has 12 nitrogen and oxygen atoms in total. The number of amides is 1. The summed E-state index contributed by atoms with van der Waals surface area (Å²) < 4.78 is 9.48. The van der Waals surface area contributed by atoms with Crippen LogP contribution < -0.4 is 5.32 Å². The Labute approximate surface area is 187 Å². The summed E-state index contributed by atoms with van der Waals surface area (Å²) >= 11 is 0. The van der Waals surface area contributed by atoms with Crippen LogP contribution in [-0.4, -0.2) is 48.0 Å². The molecular weight excluding hydrogens is 438 g/mol. The zero-order chi connectivity index (χ0) is 24.5. The lowest BCUT2D eigenvalue weighted by Gasteiger charge is -2.26. The molecule has 0 heterocycles. The van der Waals surface area contributed by atoms with E-state index in [-0.39, 0.29) is 24.2 Å². The highest BCUT2D eigenvalue weighted by atomic mass is 16.6. The van der Waals surface area contributed by atoms with E-state index in [4.69, 9.17) is 4.74 Å². The smallest absolute Gasteiger partial charge is 0.329 e. The third-order valence-corrected chi connectivity index (χ3v) is 4.81. The molecule has 33 heavy (non-hydrogen) atoms. The Morgan fingerprint density at radius 3 is 2.12 bits per heavy atom. The monoisotopic (exact) mass is 459 g/mol. The predicted octanol–water partition coefficient (Wildman–Crippen LogP) is 2.05.